The topological polar surface area (TPSA) is 0 Å². The molecule has 0 spiro atoms. The summed E-state index contributed by atoms with van der Waals surface area (Å²) in [5, 5.41) is 0. The van der Waals surface area contributed by atoms with Gasteiger partial charge in [-0.05, 0) is 61.1 Å². The summed E-state index contributed by atoms with van der Waals surface area (Å²) in [6.45, 7) is 4.51. The van der Waals surface area contributed by atoms with E-state index in [4.69, 9.17) is 0 Å². The molecular formula is C26H34. The number of rotatable bonds is 10. The monoisotopic (exact) mass is 346 g/mol. The van der Waals surface area contributed by atoms with Crippen molar-refractivity contribution in [2.45, 2.75) is 78.1 Å². The summed E-state index contributed by atoms with van der Waals surface area (Å²) in [7, 11) is 0. The Hall–Kier alpha value is -2.00. The Morgan fingerprint density at radius 3 is 1.35 bits per heavy atom. The van der Waals surface area contributed by atoms with Gasteiger partial charge in [-0.15, -0.1) is 0 Å². The van der Waals surface area contributed by atoms with Gasteiger partial charge in [0.25, 0.3) is 0 Å². The van der Waals surface area contributed by atoms with Crippen LogP contribution in [0.1, 0.15) is 87.5 Å². The summed E-state index contributed by atoms with van der Waals surface area (Å²) >= 11 is 0. The van der Waals surface area contributed by atoms with Crippen LogP contribution in [0.5, 0.6) is 0 Å². The highest BCUT2D eigenvalue weighted by molar-refractivity contribution is 5.44. The van der Waals surface area contributed by atoms with E-state index in [0.717, 1.165) is 11.1 Å². The van der Waals surface area contributed by atoms with Crippen molar-refractivity contribution in [1.82, 2.24) is 0 Å². The van der Waals surface area contributed by atoms with Crippen molar-refractivity contribution < 1.29 is 0 Å². The van der Waals surface area contributed by atoms with Crippen LogP contribution < -0.4 is 0 Å². The Morgan fingerprint density at radius 2 is 0.885 bits per heavy atom. The minimum Gasteiger partial charge on any atom is -0.0654 e. The van der Waals surface area contributed by atoms with E-state index in [-0.39, 0.29) is 0 Å². The molecule has 0 aliphatic carbocycles. The second kappa shape index (κ2) is 12.4. The second-order valence-electron chi connectivity index (χ2n) is 7.27. The minimum atomic E-state index is 1.10. The normalized spacial score (nSPS) is 10.4. The number of aryl methyl sites for hydroxylation is 2. The summed E-state index contributed by atoms with van der Waals surface area (Å²) in [5.41, 5.74) is 5.06. The second-order valence-corrected chi connectivity index (χ2v) is 7.27. The summed E-state index contributed by atoms with van der Waals surface area (Å²) in [5.74, 6) is 6.59. The van der Waals surface area contributed by atoms with E-state index in [1.807, 2.05) is 0 Å². The minimum absolute atomic E-state index is 1.10. The van der Waals surface area contributed by atoms with Crippen molar-refractivity contribution in [3.8, 4) is 11.8 Å². The molecule has 0 aromatic heterocycles. The largest absolute Gasteiger partial charge is 0.0654 e. The van der Waals surface area contributed by atoms with Crippen molar-refractivity contribution in [3.05, 3.63) is 70.8 Å². The zero-order valence-electron chi connectivity index (χ0n) is 16.7. The summed E-state index contributed by atoms with van der Waals surface area (Å²) < 4.78 is 0. The lowest BCUT2D eigenvalue weighted by Gasteiger charge is -2.02. The molecule has 2 aromatic rings. The van der Waals surface area contributed by atoms with Crippen molar-refractivity contribution >= 4 is 0 Å². The maximum absolute atomic E-state index is 3.29. The fourth-order valence-electron chi connectivity index (χ4n) is 3.17. The Balaban J connectivity index is 1.81. The third-order valence-corrected chi connectivity index (χ3v) is 4.90. The summed E-state index contributed by atoms with van der Waals surface area (Å²) in [4.78, 5) is 0. The van der Waals surface area contributed by atoms with Crippen molar-refractivity contribution in [2.24, 2.45) is 0 Å². The lowest BCUT2D eigenvalue weighted by Crippen LogP contribution is -1.87. The molecule has 0 N–H and O–H groups in total. The van der Waals surface area contributed by atoms with Gasteiger partial charge >= 0.3 is 0 Å². The average molecular weight is 347 g/mol. The lowest BCUT2D eigenvalue weighted by molar-refractivity contribution is 0.632. The molecule has 0 saturated carbocycles. The summed E-state index contributed by atoms with van der Waals surface area (Å²) in [6.07, 6.45) is 13.0. The zero-order chi connectivity index (χ0) is 18.5. The molecule has 0 unspecified atom stereocenters. The predicted octanol–water partition coefficient (Wildman–Crippen LogP) is 7.33. The van der Waals surface area contributed by atoms with E-state index in [9.17, 15) is 0 Å². The van der Waals surface area contributed by atoms with Gasteiger partial charge in [0.15, 0.2) is 0 Å². The molecule has 2 rings (SSSR count). The van der Waals surface area contributed by atoms with Crippen LogP contribution in [-0.4, -0.2) is 0 Å². The van der Waals surface area contributed by atoms with Crippen LogP contribution in [0.3, 0.4) is 0 Å². The smallest absolute Gasteiger partial charge is 0.0249 e. The lowest BCUT2D eigenvalue weighted by atomic mass is 10.0. The van der Waals surface area contributed by atoms with Crippen LogP contribution in [0.4, 0.5) is 0 Å². The molecular weight excluding hydrogens is 312 g/mol. The highest BCUT2D eigenvalue weighted by atomic mass is 14.0. The Labute approximate surface area is 161 Å². The summed E-state index contributed by atoms with van der Waals surface area (Å²) in [6, 6.07) is 17.5. The molecule has 0 bridgehead atoms. The molecule has 0 nitrogen and oxygen atoms in total. The van der Waals surface area contributed by atoms with E-state index in [1.165, 1.54) is 75.3 Å². The van der Waals surface area contributed by atoms with Crippen LogP contribution in [0.2, 0.25) is 0 Å². The van der Waals surface area contributed by atoms with Gasteiger partial charge in [0.05, 0.1) is 0 Å². The standard InChI is InChI=1S/C26H34/c1-3-5-7-8-10-12-24-15-19-26(20-16-24)22-21-25-17-13-23(14-18-25)11-9-6-4-2/h13-20H,3-12H2,1-2H3. The quantitative estimate of drug-likeness (QED) is 0.312. The molecule has 0 aliphatic rings. The molecule has 0 fully saturated rings. The van der Waals surface area contributed by atoms with Gasteiger partial charge in [0, 0.05) is 11.1 Å². The Bertz CT molecular complexity index is 665. The van der Waals surface area contributed by atoms with Gasteiger partial charge in [-0.2, -0.15) is 0 Å². The number of hydrogen-bond acceptors (Lipinski definition) is 0. The Kier molecular flexibility index (Phi) is 9.66. The van der Waals surface area contributed by atoms with E-state index >= 15 is 0 Å². The first-order valence-electron chi connectivity index (χ1n) is 10.5. The Morgan fingerprint density at radius 1 is 0.500 bits per heavy atom. The maximum Gasteiger partial charge on any atom is 0.0249 e. The molecule has 0 radical (unpaired) electrons. The highest BCUT2D eigenvalue weighted by Gasteiger charge is 1.96. The van der Waals surface area contributed by atoms with E-state index in [0.29, 0.717) is 0 Å². The first-order valence-corrected chi connectivity index (χ1v) is 10.5. The molecule has 0 heteroatoms. The van der Waals surface area contributed by atoms with Crippen molar-refractivity contribution in [3.63, 3.8) is 0 Å². The number of benzene rings is 2. The SMILES string of the molecule is CCCCCCCc1ccc(C#Cc2ccc(CCCCC)cc2)cc1. The average Bonchev–Trinajstić information content (AvgIpc) is 2.68. The molecule has 26 heavy (non-hydrogen) atoms. The predicted molar refractivity (Wildman–Crippen MR) is 115 cm³/mol. The van der Waals surface area contributed by atoms with Crippen LogP contribution in [0, 0.1) is 11.8 Å². The van der Waals surface area contributed by atoms with Crippen molar-refractivity contribution in [2.75, 3.05) is 0 Å². The molecule has 2 aromatic carbocycles. The number of hydrogen-bond donors (Lipinski definition) is 0. The highest BCUT2D eigenvalue weighted by Crippen LogP contribution is 2.11. The molecule has 0 saturated heterocycles. The molecule has 138 valence electrons. The van der Waals surface area contributed by atoms with E-state index in [2.05, 4.69) is 74.2 Å². The van der Waals surface area contributed by atoms with Crippen LogP contribution in [0.25, 0.3) is 0 Å². The van der Waals surface area contributed by atoms with Gasteiger partial charge in [-0.25, -0.2) is 0 Å². The van der Waals surface area contributed by atoms with Gasteiger partial charge < -0.3 is 0 Å². The maximum atomic E-state index is 3.29. The first kappa shape index (κ1) is 20.3. The number of unbranched alkanes of at least 4 members (excludes halogenated alkanes) is 6. The zero-order valence-corrected chi connectivity index (χ0v) is 16.7. The molecule has 0 heterocycles. The van der Waals surface area contributed by atoms with Gasteiger partial charge in [-0.3, -0.25) is 0 Å². The third-order valence-electron chi connectivity index (χ3n) is 4.90. The molecule has 0 aliphatic heterocycles. The van der Waals surface area contributed by atoms with Gasteiger partial charge in [0.2, 0.25) is 0 Å². The third kappa shape index (κ3) is 7.92. The van der Waals surface area contributed by atoms with E-state index in [1.54, 1.807) is 0 Å². The van der Waals surface area contributed by atoms with Crippen molar-refractivity contribution in [1.29, 1.82) is 0 Å². The fraction of sp³-hybridized carbons (Fsp3) is 0.462. The first-order chi connectivity index (χ1) is 12.8. The van der Waals surface area contributed by atoms with Gasteiger partial charge in [-0.1, -0.05) is 88.5 Å². The molecule has 0 amide bonds. The van der Waals surface area contributed by atoms with E-state index < -0.39 is 0 Å². The van der Waals surface area contributed by atoms with Crippen LogP contribution in [0.15, 0.2) is 48.5 Å². The fourth-order valence-corrected chi connectivity index (χ4v) is 3.17. The van der Waals surface area contributed by atoms with Crippen LogP contribution in [-0.2, 0) is 12.8 Å². The van der Waals surface area contributed by atoms with Crippen LogP contribution >= 0.6 is 0 Å². The molecule has 0 atom stereocenters. The van der Waals surface area contributed by atoms with Gasteiger partial charge in [0.1, 0.15) is 0 Å².